The number of rotatable bonds is 3. The number of benzene rings is 1. The minimum atomic E-state index is -0.717. The highest BCUT2D eigenvalue weighted by Crippen LogP contribution is 2.42. The fraction of sp³-hybridized carbons (Fsp3) is 0.533. The van der Waals surface area contributed by atoms with Gasteiger partial charge in [-0.3, -0.25) is 4.90 Å². The van der Waals surface area contributed by atoms with Gasteiger partial charge in [-0.05, 0) is 0 Å². The molecule has 0 unspecified atom stereocenters. The molecule has 1 N–H and O–H groups in total. The molecule has 3 aliphatic heterocycles. The number of carbonyl (C=O) groups excluding carboxylic acids is 1. The SMILES string of the molecule is O=C1O[C@@H](CO)CN1c1cc(F)c(N2CC3(COC3)C2)c(F)c1. The molecular weight excluding hydrogens is 310 g/mol. The van der Waals surface area contributed by atoms with Crippen molar-refractivity contribution in [2.75, 3.05) is 49.3 Å². The van der Waals surface area contributed by atoms with Gasteiger partial charge in [0.1, 0.15) is 11.8 Å². The predicted molar refractivity (Wildman–Crippen MR) is 76.5 cm³/mol. The van der Waals surface area contributed by atoms with Gasteiger partial charge in [0.25, 0.3) is 0 Å². The monoisotopic (exact) mass is 326 g/mol. The molecule has 0 aliphatic carbocycles. The summed E-state index contributed by atoms with van der Waals surface area (Å²) in [6.45, 7) is 2.14. The van der Waals surface area contributed by atoms with E-state index in [4.69, 9.17) is 14.6 Å². The summed E-state index contributed by atoms with van der Waals surface area (Å²) in [6, 6.07) is 2.25. The predicted octanol–water partition coefficient (Wildman–Crippen LogP) is 1.12. The summed E-state index contributed by atoms with van der Waals surface area (Å²) in [5.74, 6) is -1.43. The normalized spacial score (nSPS) is 25.3. The number of amides is 1. The van der Waals surface area contributed by atoms with Gasteiger partial charge in [0, 0.05) is 25.2 Å². The van der Waals surface area contributed by atoms with Crippen molar-refractivity contribution in [3.63, 3.8) is 0 Å². The van der Waals surface area contributed by atoms with Crippen LogP contribution in [-0.2, 0) is 9.47 Å². The molecular formula is C15H16F2N2O4. The van der Waals surface area contributed by atoms with E-state index < -0.39 is 23.8 Å². The number of hydrogen-bond donors (Lipinski definition) is 1. The van der Waals surface area contributed by atoms with Crippen LogP contribution in [0.3, 0.4) is 0 Å². The van der Waals surface area contributed by atoms with Gasteiger partial charge in [-0.25, -0.2) is 13.6 Å². The minimum Gasteiger partial charge on any atom is -0.441 e. The molecule has 0 radical (unpaired) electrons. The third kappa shape index (κ3) is 2.24. The lowest BCUT2D eigenvalue weighted by atomic mass is 9.77. The van der Waals surface area contributed by atoms with Gasteiger partial charge < -0.3 is 19.5 Å². The molecule has 1 atom stereocenters. The molecule has 3 aliphatic rings. The number of carbonyl (C=O) groups is 1. The molecule has 3 saturated heterocycles. The van der Waals surface area contributed by atoms with E-state index in [1.807, 2.05) is 0 Å². The van der Waals surface area contributed by atoms with Gasteiger partial charge in [0.2, 0.25) is 0 Å². The van der Waals surface area contributed by atoms with E-state index in [1.54, 1.807) is 4.90 Å². The van der Waals surface area contributed by atoms with E-state index in [1.165, 1.54) is 0 Å². The number of ether oxygens (including phenoxy) is 2. The molecule has 1 amide bonds. The largest absolute Gasteiger partial charge is 0.441 e. The number of anilines is 2. The minimum absolute atomic E-state index is 0.0463. The molecule has 0 aromatic heterocycles. The molecule has 1 aromatic carbocycles. The molecule has 6 nitrogen and oxygen atoms in total. The highest BCUT2D eigenvalue weighted by molar-refractivity contribution is 5.90. The standard InChI is InChI=1S/C15H16F2N2O4/c16-11-1-9(19-3-10(4-20)23-14(19)21)2-12(17)13(11)18-5-15(6-18)7-22-8-15/h1-2,10,20H,3-8H2/t10-/m1/s1. The van der Waals surface area contributed by atoms with E-state index in [-0.39, 0.29) is 29.9 Å². The van der Waals surface area contributed by atoms with Crippen molar-refractivity contribution in [1.82, 2.24) is 0 Å². The van der Waals surface area contributed by atoms with Crippen LogP contribution in [0, 0.1) is 17.0 Å². The lowest BCUT2D eigenvalue weighted by Gasteiger charge is -2.56. The van der Waals surface area contributed by atoms with Crippen molar-refractivity contribution >= 4 is 17.5 Å². The maximum atomic E-state index is 14.4. The zero-order chi connectivity index (χ0) is 16.2. The summed E-state index contributed by atoms with van der Waals surface area (Å²) in [5.41, 5.74) is 0.0643. The van der Waals surface area contributed by atoms with E-state index in [2.05, 4.69) is 0 Å². The molecule has 0 bridgehead atoms. The summed E-state index contributed by atoms with van der Waals surface area (Å²) in [6.07, 6.45) is -1.40. The molecule has 3 heterocycles. The molecule has 8 heteroatoms. The Hall–Kier alpha value is -1.93. The Morgan fingerprint density at radius 2 is 1.91 bits per heavy atom. The second-order valence-electron chi connectivity index (χ2n) is 6.41. The van der Waals surface area contributed by atoms with Crippen LogP contribution in [0.4, 0.5) is 25.0 Å². The van der Waals surface area contributed by atoms with Crippen LogP contribution >= 0.6 is 0 Å². The van der Waals surface area contributed by atoms with Crippen LogP contribution < -0.4 is 9.80 Å². The first-order valence-electron chi connectivity index (χ1n) is 7.42. The molecule has 1 aromatic rings. The first kappa shape index (κ1) is 14.6. The lowest BCUT2D eigenvalue weighted by Crippen LogP contribution is -2.66. The zero-order valence-corrected chi connectivity index (χ0v) is 12.3. The first-order chi connectivity index (χ1) is 11.0. The van der Waals surface area contributed by atoms with Gasteiger partial charge in [-0.15, -0.1) is 0 Å². The summed E-state index contributed by atoms with van der Waals surface area (Å²) >= 11 is 0. The van der Waals surface area contributed by atoms with Gasteiger partial charge in [-0.1, -0.05) is 0 Å². The fourth-order valence-electron chi connectivity index (χ4n) is 3.33. The Bertz CT molecular complexity index is 634. The van der Waals surface area contributed by atoms with Crippen molar-refractivity contribution in [3.05, 3.63) is 23.8 Å². The van der Waals surface area contributed by atoms with Gasteiger partial charge in [0.05, 0.1) is 37.5 Å². The lowest BCUT2D eigenvalue weighted by molar-refractivity contribution is -0.127. The molecule has 3 fully saturated rings. The maximum absolute atomic E-state index is 14.4. The fourth-order valence-corrected chi connectivity index (χ4v) is 3.33. The Kier molecular flexibility index (Phi) is 3.21. The van der Waals surface area contributed by atoms with E-state index in [0.29, 0.717) is 26.3 Å². The Morgan fingerprint density at radius 3 is 2.39 bits per heavy atom. The number of aliphatic hydroxyl groups is 1. The van der Waals surface area contributed by atoms with Crippen molar-refractivity contribution in [2.45, 2.75) is 6.10 Å². The van der Waals surface area contributed by atoms with Crippen LogP contribution in [0.5, 0.6) is 0 Å². The number of cyclic esters (lactones) is 1. The quantitative estimate of drug-likeness (QED) is 0.902. The molecule has 0 saturated carbocycles. The van der Waals surface area contributed by atoms with Crippen LogP contribution in [0.2, 0.25) is 0 Å². The van der Waals surface area contributed by atoms with Crippen LogP contribution in [-0.4, -0.2) is 56.8 Å². The van der Waals surface area contributed by atoms with Crippen LogP contribution in [0.25, 0.3) is 0 Å². The van der Waals surface area contributed by atoms with Crippen LogP contribution in [0.1, 0.15) is 0 Å². The smallest absolute Gasteiger partial charge is 0.414 e. The number of hydrogen-bond acceptors (Lipinski definition) is 5. The second-order valence-corrected chi connectivity index (χ2v) is 6.41. The highest BCUT2D eigenvalue weighted by atomic mass is 19.1. The van der Waals surface area contributed by atoms with Gasteiger partial charge in [-0.2, -0.15) is 0 Å². The van der Waals surface area contributed by atoms with Crippen molar-refractivity contribution in [3.8, 4) is 0 Å². The average Bonchev–Trinajstić information content (AvgIpc) is 2.79. The summed E-state index contributed by atoms with van der Waals surface area (Å²) in [5, 5.41) is 9.02. The van der Waals surface area contributed by atoms with Gasteiger partial charge in [0.15, 0.2) is 11.6 Å². The van der Waals surface area contributed by atoms with Crippen LogP contribution in [0.15, 0.2) is 12.1 Å². The summed E-state index contributed by atoms with van der Waals surface area (Å²) in [4.78, 5) is 14.5. The van der Waals surface area contributed by atoms with Gasteiger partial charge >= 0.3 is 6.09 Å². The van der Waals surface area contributed by atoms with Crippen molar-refractivity contribution in [2.24, 2.45) is 5.41 Å². The summed E-state index contributed by atoms with van der Waals surface area (Å²) < 4.78 is 38.8. The van der Waals surface area contributed by atoms with Crippen molar-refractivity contribution in [1.29, 1.82) is 0 Å². The third-order valence-electron chi connectivity index (χ3n) is 4.58. The average molecular weight is 326 g/mol. The Labute approximate surface area is 131 Å². The first-order valence-corrected chi connectivity index (χ1v) is 7.42. The molecule has 1 spiro atoms. The third-order valence-corrected chi connectivity index (χ3v) is 4.58. The number of nitrogens with zero attached hydrogens (tertiary/aromatic N) is 2. The van der Waals surface area contributed by atoms with E-state index >= 15 is 0 Å². The Morgan fingerprint density at radius 1 is 1.26 bits per heavy atom. The second kappa shape index (κ2) is 5.04. The topological polar surface area (TPSA) is 62.2 Å². The molecule has 23 heavy (non-hydrogen) atoms. The number of halogens is 2. The van der Waals surface area contributed by atoms with E-state index in [0.717, 1.165) is 17.0 Å². The summed E-state index contributed by atoms with van der Waals surface area (Å²) in [7, 11) is 0. The maximum Gasteiger partial charge on any atom is 0.414 e. The molecule has 4 rings (SSSR count). The highest BCUT2D eigenvalue weighted by Gasteiger charge is 2.50. The number of aliphatic hydroxyl groups excluding tert-OH is 1. The van der Waals surface area contributed by atoms with Crippen molar-refractivity contribution < 1.29 is 28.2 Å². The molecule has 124 valence electrons. The zero-order valence-electron chi connectivity index (χ0n) is 12.3. The Balaban J connectivity index is 1.56. The van der Waals surface area contributed by atoms with E-state index in [9.17, 15) is 13.6 Å².